The van der Waals surface area contributed by atoms with Gasteiger partial charge in [0.05, 0.1) is 0 Å². The Morgan fingerprint density at radius 1 is 1.17 bits per heavy atom. The maximum absolute atomic E-state index is 5.46. The lowest BCUT2D eigenvalue weighted by atomic mass is 9.64. The molecule has 12 heavy (non-hydrogen) atoms. The molecule has 1 nitrogen and oxygen atoms in total. The van der Waals surface area contributed by atoms with E-state index in [9.17, 15) is 0 Å². The Balaban J connectivity index is 2.04. The molecule has 0 aromatic carbocycles. The van der Waals surface area contributed by atoms with Crippen molar-refractivity contribution in [2.75, 3.05) is 6.54 Å². The number of hydrogen-bond acceptors (Lipinski definition) is 1. The zero-order chi connectivity index (χ0) is 8.86. The SMILES string of the molecule is CCC1(CCCCCN)CCC1. The zero-order valence-corrected chi connectivity index (χ0v) is 8.44. The van der Waals surface area contributed by atoms with Crippen LogP contribution in [0.15, 0.2) is 0 Å². The Morgan fingerprint density at radius 2 is 1.92 bits per heavy atom. The summed E-state index contributed by atoms with van der Waals surface area (Å²) in [6, 6.07) is 0. The molecule has 0 radical (unpaired) electrons. The van der Waals surface area contributed by atoms with E-state index in [1.165, 1.54) is 51.4 Å². The maximum Gasteiger partial charge on any atom is -0.00773 e. The second-order valence-corrected chi connectivity index (χ2v) is 4.31. The summed E-state index contributed by atoms with van der Waals surface area (Å²) in [5.41, 5.74) is 6.23. The molecule has 1 fully saturated rings. The highest BCUT2D eigenvalue weighted by Gasteiger charge is 2.33. The van der Waals surface area contributed by atoms with E-state index in [1.807, 2.05) is 0 Å². The van der Waals surface area contributed by atoms with Gasteiger partial charge in [0, 0.05) is 0 Å². The van der Waals surface area contributed by atoms with Gasteiger partial charge in [-0.3, -0.25) is 0 Å². The monoisotopic (exact) mass is 169 g/mol. The van der Waals surface area contributed by atoms with Crippen molar-refractivity contribution >= 4 is 0 Å². The van der Waals surface area contributed by atoms with Crippen molar-refractivity contribution in [3.63, 3.8) is 0 Å². The van der Waals surface area contributed by atoms with Crippen LogP contribution in [0, 0.1) is 5.41 Å². The van der Waals surface area contributed by atoms with E-state index in [1.54, 1.807) is 0 Å². The predicted molar refractivity (Wildman–Crippen MR) is 54.1 cm³/mol. The van der Waals surface area contributed by atoms with E-state index >= 15 is 0 Å². The smallest absolute Gasteiger partial charge is 0.00773 e. The van der Waals surface area contributed by atoms with Crippen molar-refractivity contribution in [1.82, 2.24) is 0 Å². The number of nitrogens with two attached hydrogens (primary N) is 1. The van der Waals surface area contributed by atoms with Gasteiger partial charge in [-0.25, -0.2) is 0 Å². The molecule has 1 aliphatic rings. The molecule has 0 amide bonds. The molecule has 0 atom stereocenters. The Bertz CT molecular complexity index is 111. The van der Waals surface area contributed by atoms with Crippen LogP contribution in [0.1, 0.15) is 58.3 Å². The minimum atomic E-state index is 0.772. The van der Waals surface area contributed by atoms with Gasteiger partial charge >= 0.3 is 0 Å². The number of hydrogen-bond donors (Lipinski definition) is 1. The molecule has 1 aliphatic carbocycles. The molecule has 0 heterocycles. The average Bonchev–Trinajstić information content (AvgIpc) is 2.02. The van der Waals surface area contributed by atoms with Crippen LogP contribution in [0.4, 0.5) is 0 Å². The van der Waals surface area contributed by atoms with Crippen molar-refractivity contribution in [3.05, 3.63) is 0 Å². The Morgan fingerprint density at radius 3 is 2.33 bits per heavy atom. The fourth-order valence-electron chi connectivity index (χ4n) is 2.28. The summed E-state index contributed by atoms with van der Waals surface area (Å²) in [6.07, 6.45) is 11.3. The lowest BCUT2D eigenvalue weighted by molar-refractivity contribution is 0.109. The summed E-state index contributed by atoms with van der Waals surface area (Å²) in [5, 5.41) is 0. The lowest BCUT2D eigenvalue weighted by Crippen LogP contribution is -2.28. The molecule has 1 heteroatoms. The van der Waals surface area contributed by atoms with Crippen LogP contribution in [0.25, 0.3) is 0 Å². The third kappa shape index (κ3) is 2.48. The van der Waals surface area contributed by atoms with Crippen molar-refractivity contribution in [3.8, 4) is 0 Å². The number of rotatable bonds is 6. The van der Waals surface area contributed by atoms with Gasteiger partial charge in [-0.05, 0) is 37.6 Å². The minimum Gasteiger partial charge on any atom is -0.330 e. The summed E-state index contributed by atoms with van der Waals surface area (Å²) < 4.78 is 0. The van der Waals surface area contributed by atoms with Gasteiger partial charge in [0.15, 0.2) is 0 Å². The van der Waals surface area contributed by atoms with E-state index in [0.717, 1.165) is 12.0 Å². The minimum absolute atomic E-state index is 0.772. The van der Waals surface area contributed by atoms with Crippen molar-refractivity contribution < 1.29 is 0 Å². The average molecular weight is 169 g/mol. The van der Waals surface area contributed by atoms with Crippen LogP contribution in [-0.4, -0.2) is 6.54 Å². The maximum atomic E-state index is 5.46. The lowest BCUT2D eigenvalue weighted by Gasteiger charge is -2.41. The fourth-order valence-corrected chi connectivity index (χ4v) is 2.28. The first-order valence-electron chi connectivity index (χ1n) is 5.53. The number of unbranched alkanes of at least 4 members (excludes halogenated alkanes) is 2. The summed E-state index contributed by atoms with van der Waals surface area (Å²) in [6.45, 7) is 3.22. The molecule has 0 spiro atoms. The Labute approximate surface area is 76.7 Å². The summed E-state index contributed by atoms with van der Waals surface area (Å²) in [4.78, 5) is 0. The van der Waals surface area contributed by atoms with Crippen molar-refractivity contribution in [2.45, 2.75) is 58.3 Å². The van der Waals surface area contributed by atoms with Crippen molar-refractivity contribution in [2.24, 2.45) is 11.1 Å². The van der Waals surface area contributed by atoms with Gasteiger partial charge in [-0.2, -0.15) is 0 Å². The first-order valence-corrected chi connectivity index (χ1v) is 5.53. The van der Waals surface area contributed by atoms with Gasteiger partial charge in [-0.1, -0.05) is 32.6 Å². The van der Waals surface area contributed by atoms with Gasteiger partial charge in [0.1, 0.15) is 0 Å². The van der Waals surface area contributed by atoms with Crippen LogP contribution in [0.2, 0.25) is 0 Å². The van der Waals surface area contributed by atoms with Gasteiger partial charge in [-0.15, -0.1) is 0 Å². The summed E-state index contributed by atoms with van der Waals surface area (Å²) in [5.74, 6) is 0. The highest BCUT2D eigenvalue weighted by atomic mass is 14.5. The van der Waals surface area contributed by atoms with E-state index in [4.69, 9.17) is 5.73 Å². The van der Waals surface area contributed by atoms with Crippen LogP contribution in [0.3, 0.4) is 0 Å². The molecule has 0 saturated heterocycles. The highest BCUT2D eigenvalue weighted by molar-refractivity contribution is 4.86. The summed E-state index contributed by atoms with van der Waals surface area (Å²) >= 11 is 0. The summed E-state index contributed by atoms with van der Waals surface area (Å²) in [7, 11) is 0. The standard InChI is InChI=1S/C11H23N/c1-2-11(8-6-9-11)7-4-3-5-10-12/h2-10,12H2,1H3. The molecule has 0 aliphatic heterocycles. The molecule has 0 aromatic rings. The Kier molecular flexibility index (Phi) is 4.07. The molecular weight excluding hydrogens is 146 g/mol. The van der Waals surface area contributed by atoms with Gasteiger partial charge in [0.2, 0.25) is 0 Å². The molecule has 72 valence electrons. The first kappa shape index (κ1) is 10.0. The largest absolute Gasteiger partial charge is 0.330 e. The Hall–Kier alpha value is -0.0400. The second kappa shape index (κ2) is 4.86. The van der Waals surface area contributed by atoms with Crippen molar-refractivity contribution in [1.29, 1.82) is 0 Å². The molecule has 2 N–H and O–H groups in total. The van der Waals surface area contributed by atoms with Crippen LogP contribution in [0.5, 0.6) is 0 Å². The van der Waals surface area contributed by atoms with E-state index in [0.29, 0.717) is 0 Å². The van der Waals surface area contributed by atoms with Gasteiger partial charge < -0.3 is 5.73 Å². The van der Waals surface area contributed by atoms with Crippen LogP contribution >= 0.6 is 0 Å². The van der Waals surface area contributed by atoms with E-state index in [-0.39, 0.29) is 0 Å². The third-order valence-electron chi connectivity index (χ3n) is 3.58. The first-order chi connectivity index (χ1) is 5.83. The normalized spacial score (nSPS) is 20.5. The van der Waals surface area contributed by atoms with E-state index in [2.05, 4.69) is 6.92 Å². The topological polar surface area (TPSA) is 26.0 Å². The van der Waals surface area contributed by atoms with E-state index < -0.39 is 0 Å². The second-order valence-electron chi connectivity index (χ2n) is 4.31. The zero-order valence-electron chi connectivity index (χ0n) is 8.44. The predicted octanol–water partition coefficient (Wildman–Crippen LogP) is 3.09. The van der Waals surface area contributed by atoms with Crippen LogP contribution < -0.4 is 5.73 Å². The molecule has 0 unspecified atom stereocenters. The van der Waals surface area contributed by atoms with Gasteiger partial charge in [0.25, 0.3) is 0 Å². The highest BCUT2D eigenvalue weighted by Crippen LogP contribution is 2.47. The molecular formula is C11H23N. The fraction of sp³-hybridized carbons (Fsp3) is 1.00. The molecule has 0 bridgehead atoms. The third-order valence-corrected chi connectivity index (χ3v) is 3.58. The molecule has 1 saturated carbocycles. The molecule has 0 aromatic heterocycles. The quantitative estimate of drug-likeness (QED) is 0.607. The molecule has 1 rings (SSSR count). The van der Waals surface area contributed by atoms with Crippen LogP contribution in [-0.2, 0) is 0 Å².